The third-order valence-electron chi connectivity index (χ3n) is 3.08. The van der Waals surface area contributed by atoms with Crippen LogP contribution in [0.2, 0.25) is 0 Å². The predicted octanol–water partition coefficient (Wildman–Crippen LogP) is 1.79. The fourth-order valence-electron chi connectivity index (χ4n) is 1.87. The first kappa shape index (κ1) is 14.8. The highest BCUT2D eigenvalue weighted by atomic mass is 79.9. The second-order valence-electron chi connectivity index (χ2n) is 4.50. The number of likely N-dealkylation sites (N-methyl/N-ethyl adjacent to an activating group) is 1. The molecule has 0 saturated carbocycles. The van der Waals surface area contributed by atoms with Gasteiger partial charge in [-0.2, -0.15) is 0 Å². The van der Waals surface area contributed by atoms with Crippen molar-refractivity contribution in [2.45, 2.75) is 6.92 Å². The highest BCUT2D eigenvalue weighted by Gasteiger charge is 2.26. The number of hydrogen-bond acceptors (Lipinski definition) is 3. The van der Waals surface area contributed by atoms with Gasteiger partial charge >= 0.3 is 0 Å². The molecule has 0 atom stereocenters. The molecule has 1 heterocycles. The molecule has 0 spiro atoms. The van der Waals surface area contributed by atoms with Crippen LogP contribution in [-0.2, 0) is 9.59 Å². The zero-order chi connectivity index (χ0) is 14.9. The van der Waals surface area contributed by atoms with Gasteiger partial charge in [0, 0.05) is 20.0 Å². The smallest absolute Gasteiger partial charge is 0.246 e. The van der Waals surface area contributed by atoms with Gasteiger partial charge in [0.05, 0.1) is 23.2 Å². The molecule has 0 unspecified atom stereocenters. The van der Waals surface area contributed by atoms with E-state index >= 15 is 0 Å². The zero-order valence-corrected chi connectivity index (χ0v) is 12.7. The molecular formula is C13H14BrFN2O3. The summed E-state index contributed by atoms with van der Waals surface area (Å²) >= 11 is 3.09. The van der Waals surface area contributed by atoms with E-state index in [-0.39, 0.29) is 22.8 Å². The van der Waals surface area contributed by atoms with Crippen LogP contribution < -0.4 is 9.64 Å². The lowest BCUT2D eigenvalue weighted by Crippen LogP contribution is -2.44. The topological polar surface area (TPSA) is 49.9 Å². The Morgan fingerprint density at radius 3 is 2.85 bits per heavy atom. The number of amides is 2. The van der Waals surface area contributed by atoms with Gasteiger partial charge in [0.1, 0.15) is 18.2 Å². The van der Waals surface area contributed by atoms with Crippen molar-refractivity contribution in [2.75, 3.05) is 31.6 Å². The van der Waals surface area contributed by atoms with Crippen LogP contribution in [-0.4, -0.2) is 43.5 Å². The summed E-state index contributed by atoms with van der Waals surface area (Å²) in [5, 5.41) is 0. The van der Waals surface area contributed by atoms with E-state index in [4.69, 9.17) is 4.74 Å². The van der Waals surface area contributed by atoms with Crippen LogP contribution in [0.1, 0.15) is 6.92 Å². The highest BCUT2D eigenvalue weighted by Crippen LogP contribution is 2.35. The number of carbonyl (C=O) groups excluding carboxylic acids is 2. The van der Waals surface area contributed by atoms with E-state index in [0.29, 0.717) is 24.6 Å². The van der Waals surface area contributed by atoms with Crippen LogP contribution >= 0.6 is 15.9 Å². The normalized spacial score (nSPS) is 13.5. The van der Waals surface area contributed by atoms with Crippen molar-refractivity contribution < 1.29 is 18.7 Å². The summed E-state index contributed by atoms with van der Waals surface area (Å²) in [6.07, 6.45) is 0. The average molecular weight is 345 g/mol. The second kappa shape index (κ2) is 5.78. The van der Waals surface area contributed by atoms with E-state index in [0.717, 1.165) is 0 Å². The Labute approximate surface area is 124 Å². The molecule has 1 aliphatic rings. The molecule has 0 saturated heterocycles. The molecule has 1 aliphatic heterocycles. The van der Waals surface area contributed by atoms with Gasteiger partial charge in [-0.25, -0.2) is 4.39 Å². The van der Waals surface area contributed by atoms with Crippen LogP contribution in [0.15, 0.2) is 16.6 Å². The number of anilines is 1. The summed E-state index contributed by atoms with van der Waals surface area (Å²) < 4.78 is 19.1. The monoisotopic (exact) mass is 344 g/mol. The SMILES string of the molecule is CC(=O)N(C)CC(=O)N1CCOc2cc(F)c(Br)cc21. The van der Waals surface area contributed by atoms with Gasteiger partial charge in [-0.15, -0.1) is 0 Å². The summed E-state index contributed by atoms with van der Waals surface area (Å²) in [5.74, 6) is -0.535. The molecule has 7 heteroatoms. The molecule has 0 fully saturated rings. The Hall–Kier alpha value is -1.63. The molecule has 0 radical (unpaired) electrons. The Kier molecular flexibility index (Phi) is 4.27. The lowest BCUT2D eigenvalue weighted by Gasteiger charge is -2.31. The first-order chi connectivity index (χ1) is 9.40. The summed E-state index contributed by atoms with van der Waals surface area (Å²) in [6, 6.07) is 2.75. The Morgan fingerprint density at radius 1 is 1.50 bits per heavy atom. The first-order valence-corrected chi connectivity index (χ1v) is 6.83. The van der Waals surface area contributed by atoms with Gasteiger partial charge in [-0.05, 0) is 22.0 Å². The lowest BCUT2D eigenvalue weighted by atomic mass is 10.2. The molecule has 0 aromatic heterocycles. The number of nitrogens with zero attached hydrogens (tertiary/aromatic N) is 2. The molecule has 2 amide bonds. The molecule has 108 valence electrons. The lowest BCUT2D eigenvalue weighted by molar-refractivity contribution is -0.132. The summed E-state index contributed by atoms with van der Waals surface area (Å²) in [7, 11) is 1.56. The largest absolute Gasteiger partial charge is 0.489 e. The van der Waals surface area contributed by atoms with Crippen LogP contribution in [0.25, 0.3) is 0 Å². The second-order valence-corrected chi connectivity index (χ2v) is 5.36. The number of fused-ring (bicyclic) bond motifs is 1. The number of halogens is 2. The van der Waals surface area contributed by atoms with E-state index in [1.165, 1.54) is 28.9 Å². The maximum absolute atomic E-state index is 13.5. The maximum Gasteiger partial charge on any atom is 0.246 e. The van der Waals surface area contributed by atoms with Gasteiger partial charge < -0.3 is 14.5 Å². The van der Waals surface area contributed by atoms with Crippen molar-refractivity contribution in [2.24, 2.45) is 0 Å². The summed E-state index contributed by atoms with van der Waals surface area (Å²) in [4.78, 5) is 26.3. The first-order valence-electron chi connectivity index (χ1n) is 6.04. The van der Waals surface area contributed by atoms with Gasteiger partial charge in [-0.3, -0.25) is 9.59 Å². The minimum absolute atomic E-state index is 0.0240. The maximum atomic E-state index is 13.5. The van der Waals surface area contributed by atoms with Crippen molar-refractivity contribution in [3.8, 4) is 5.75 Å². The van der Waals surface area contributed by atoms with Crippen molar-refractivity contribution in [3.63, 3.8) is 0 Å². The van der Waals surface area contributed by atoms with E-state index in [9.17, 15) is 14.0 Å². The number of rotatable bonds is 2. The standard InChI is InChI=1S/C13H14BrFN2O3/c1-8(18)16(2)7-13(19)17-3-4-20-12-6-10(15)9(14)5-11(12)17/h5-6H,3-4,7H2,1-2H3. The number of ether oxygens (including phenoxy) is 1. The molecule has 1 aromatic carbocycles. The van der Waals surface area contributed by atoms with E-state index in [2.05, 4.69) is 15.9 Å². The average Bonchev–Trinajstić information content (AvgIpc) is 2.39. The van der Waals surface area contributed by atoms with Gasteiger partial charge in [0.2, 0.25) is 11.8 Å². The molecule has 0 aliphatic carbocycles. The van der Waals surface area contributed by atoms with Crippen molar-refractivity contribution >= 4 is 33.4 Å². The Balaban J connectivity index is 2.26. The van der Waals surface area contributed by atoms with Crippen LogP contribution in [0, 0.1) is 5.82 Å². The zero-order valence-electron chi connectivity index (χ0n) is 11.2. The van der Waals surface area contributed by atoms with E-state index in [1.807, 2.05) is 0 Å². The molecule has 2 rings (SSSR count). The fraction of sp³-hybridized carbons (Fsp3) is 0.385. The van der Waals surface area contributed by atoms with Crippen molar-refractivity contribution in [1.29, 1.82) is 0 Å². The van der Waals surface area contributed by atoms with Crippen LogP contribution in [0.3, 0.4) is 0 Å². The summed E-state index contributed by atoms with van der Waals surface area (Å²) in [6.45, 7) is 2.04. The van der Waals surface area contributed by atoms with E-state index < -0.39 is 5.82 Å². The van der Waals surface area contributed by atoms with Gasteiger partial charge in [-0.1, -0.05) is 0 Å². The number of hydrogen-bond donors (Lipinski definition) is 0. The minimum atomic E-state index is -0.445. The molecule has 20 heavy (non-hydrogen) atoms. The predicted molar refractivity (Wildman–Crippen MR) is 75.3 cm³/mol. The Bertz CT molecular complexity index is 565. The molecule has 0 bridgehead atoms. The quantitative estimate of drug-likeness (QED) is 0.821. The van der Waals surface area contributed by atoms with Gasteiger partial charge in [0.25, 0.3) is 0 Å². The fourth-order valence-corrected chi connectivity index (χ4v) is 2.20. The van der Waals surface area contributed by atoms with Gasteiger partial charge in [0.15, 0.2) is 0 Å². The third kappa shape index (κ3) is 2.92. The number of carbonyl (C=O) groups is 2. The number of benzene rings is 1. The molecular weight excluding hydrogens is 331 g/mol. The summed E-state index contributed by atoms with van der Waals surface area (Å²) in [5.41, 5.74) is 0.506. The van der Waals surface area contributed by atoms with Crippen molar-refractivity contribution in [1.82, 2.24) is 4.90 Å². The van der Waals surface area contributed by atoms with Crippen LogP contribution in [0.5, 0.6) is 5.75 Å². The molecule has 1 aromatic rings. The highest BCUT2D eigenvalue weighted by molar-refractivity contribution is 9.10. The third-order valence-corrected chi connectivity index (χ3v) is 3.68. The molecule has 0 N–H and O–H groups in total. The Morgan fingerprint density at radius 2 is 2.20 bits per heavy atom. The van der Waals surface area contributed by atoms with E-state index in [1.54, 1.807) is 7.05 Å². The minimum Gasteiger partial charge on any atom is -0.489 e. The molecule has 5 nitrogen and oxygen atoms in total. The van der Waals surface area contributed by atoms with Crippen LogP contribution in [0.4, 0.5) is 10.1 Å². The van der Waals surface area contributed by atoms with Crippen molar-refractivity contribution in [3.05, 3.63) is 22.4 Å².